The van der Waals surface area contributed by atoms with Crippen LogP contribution in [0.1, 0.15) is 0 Å². The minimum Gasteiger partial charge on any atom is -0.263 e. The number of pyridine rings is 2. The van der Waals surface area contributed by atoms with Gasteiger partial charge in [0.2, 0.25) is 0 Å². The number of hydrogen-bond donors (Lipinski definition) is 0. The van der Waals surface area contributed by atoms with E-state index in [4.69, 9.17) is 15.0 Å². The molecule has 0 spiro atoms. The standard InChI is InChI=1S/C36H22N4/c1-2-9-24-23(8-1)21-38-36-34(24)30-18-19-37-35(30)40(36)33-15-7-14-32(39-33)22-16-17-29-27-12-4-3-10-25(27)26-11-5-6-13-28(26)31(29)20-22/h1-18,20-21H,19H2. The largest absolute Gasteiger partial charge is 0.263 e. The van der Waals surface area contributed by atoms with Gasteiger partial charge in [0.25, 0.3) is 0 Å². The Bertz CT molecular complexity index is 2430. The van der Waals surface area contributed by atoms with E-state index in [0.717, 1.165) is 44.2 Å². The molecule has 4 heterocycles. The maximum absolute atomic E-state index is 5.19. The fourth-order valence-corrected chi connectivity index (χ4v) is 6.49. The average molecular weight is 511 g/mol. The van der Waals surface area contributed by atoms with Gasteiger partial charge in [0.1, 0.15) is 17.0 Å². The molecule has 1 aliphatic heterocycles. The van der Waals surface area contributed by atoms with Crippen LogP contribution in [0.15, 0.2) is 120 Å². The van der Waals surface area contributed by atoms with Gasteiger partial charge in [-0.3, -0.25) is 9.56 Å². The Morgan fingerprint density at radius 1 is 0.600 bits per heavy atom. The first kappa shape index (κ1) is 21.6. The van der Waals surface area contributed by atoms with E-state index < -0.39 is 0 Å². The van der Waals surface area contributed by atoms with Crippen LogP contribution in [0.25, 0.3) is 77.3 Å². The van der Waals surface area contributed by atoms with E-state index in [0.29, 0.717) is 6.54 Å². The van der Waals surface area contributed by atoms with Crippen molar-refractivity contribution in [3.05, 3.63) is 126 Å². The molecule has 0 atom stereocenters. The average Bonchev–Trinajstić information content (AvgIpc) is 3.62. The molecule has 0 N–H and O–H groups in total. The first-order valence-electron chi connectivity index (χ1n) is 13.6. The van der Waals surface area contributed by atoms with E-state index in [1.54, 1.807) is 0 Å². The van der Waals surface area contributed by atoms with Crippen molar-refractivity contribution in [2.45, 2.75) is 0 Å². The van der Waals surface area contributed by atoms with Crippen molar-refractivity contribution < 1.29 is 0 Å². The summed E-state index contributed by atoms with van der Waals surface area (Å²) in [5.41, 5.74) is 3.84. The van der Waals surface area contributed by atoms with E-state index in [1.807, 2.05) is 6.20 Å². The number of aromatic nitrogens is 3. The summed E-state index contributed by atoms with van der Waals surface area (Å²) < 4.78 is 2.12. The Labute approximate surface area is 229 Å². The molecule has 4 heteroatoms. The van der Waals surface area contributed by atoms with Crippen molar-refractivity contribution >= 4 is 60.2 Å². The second-order valence-electron chi connectivity index (χ2n) is 10.4. The van der Waals surface area contributed by atoms with E-state index in [9.17, 15) is 0 Å². The highest BCUT2D eigenvalue weighted by molar-refractivity contribution is 6.25. The second-order valence-corrected chi connectivity index (χ2v) is 10.4. The van der Waals surface area contributed by atoms with Crippen LogP contribution in [0.4, 0.5) is 0 Å². The van der Waals surface area contributed by atoms with Crippen LogP contribution in [-0.2, 0) is 0 Å². The molecule has 0 bridgehead atoms. The molecule has 4 nitrogen and oxygen atoms in total. The quantitative estimate of drug-likeness (QED) is 0.233. The Hall–Kier alpha value is -5.35. The highest BCUT2D eigenvalue weighted by Crippen LogP contribution is 2.37. The van der Waals surface area contributed by atoms with Crippen LogP contribution >= 0.6 is 0 Å². The first-order chi connectivity index (χ1) is 19.8. The van der Waals surface area contributed by atoms with Crippen LogP contribution < -0.4 is 10.7 Å². The minimum absolute atomic E-state index is 0.676. The molecular weight excluding hydrogens is 488 g/mol. The van der Waals surface area contributed by atoms with Crippen molar-refractivity contribution in [3.63, 3.8) is 0 Å². The number of benzene rings is 5. The lowest BCUT2D eigenvalue weighted by Crippen LogP contribution is -2.26. The molecule has 186 valence electrons. The van der Waals surface area contributed by atoms with Crippen molar-refractivity contribution in [1.82, 2.24) is 14.5 Å². The number of rotatable bonds is 2. The van der Waals surface area contributed by atoms with Crippen LogP contribution in [0, 0.1) is 0 Å². The summed E-state index contributed by atoms with van der Waals surface area (Å²) in [6, 6.07) is 38.7. The Morgan fingerprint density at radius 3 is 2.05 bits per heavy atom. The predicted octanol–water partition coefficient (Wildman–Crippen LogP) is 7.11. The fourth-order valence-electron chi connectivity index (χ4n) is 6.49. The van der Waals surface area contributed by atoms with E-state index in [2.05, 4.69) is 120 Å². The summed E-state index contributed by atoms with van der Waals surface area (Å²) in [5, 5.41) is 12.2. The zero-order valence-corrected chi connectivity index (χ0v) is 21.5. The molecule has 0 saturated carbocycles. The van der Waals surface area contributed by atoms with Gasteiger partial charge in [0.15, 0.2) is 0 Å². The van der Waals surface area contributed by atoms with Gasteiger partial charge in [0.05, 0.1) is 12.2 Å². The Kier molecular flexibility index (Phi) is 4.35. The zero-order valence-electron chi connectivity index (χ0n) is 21.5. The maximum Gasteiger partial charge on any atom is 0.148 e. The van der Waals surface area contributed by atoms with Gasteiger partial charge in [-0.1, -0.05) is 97.1 Å². The molecule has 3 aromatic heterocycles. The molecule has 0 radical (unpaired) electrons. The van der Waals surface area contributed by atoms with Gasteiger partial charge < -0.3 is 0 Å². The van der Waals surface area contributed by atoms with Gasteiger partial charge in [-0.15, -0.1) is 0 Å². The zero-order chi connectivity index (χ0) is 26.2. The lowest BCUT2D eigenvalue weighted by atomic mass is 9.93. The summed E-state index contributed by atoms with van der Waals surface area (Å²) in [7, 11) is 0. The van der Waals surface area contributed by atoms with Crippen LogP contribution in [0.2, 0.25) is 0 Å². The second kappa shape index (κ2) is 8.08. The monoisotopic (exact) mass is 510 g/mol. The molecule has 0 saturated heterocycles. The molecule has 8 aromatic rings. The molecule has 0 fully saturated rings. The first-order valence-corrected chi connectivity index (χ1v) is 13.6. The van der Waals surface area contributed by atoms with Crippen molar-refractivity contribution in [2.24, 2.45) is 4.99 Å². The molecule has 5 aromatic carbocycles. The number of hydrogen-bond acceptors (Lipinski definition) is 3. The number of fused-ring (bicyclic) bond motifs is 11. The lowest BCUT2D eigenvalue weighted by Gasteiger charge is -2.12. The number of nitrogens with zero attached hydrogens (tertiary/aromatic N) is 4. The molecule has 40 heavy (non-hydrogen) atoms. The van der Waals surface area contributed by atoms with E-state index >= 15 is 0 Å². The Balaban J connectivity index is 1.29. The van der Waals surface area contributed by atoms with Crippen molar-refractivity contribution in [2.75, 3.05) is 6.54 Å². The maximum atomic E-state index is 5.19. The van der Waals surface area contributed by atoms with Gasteiger partial charge in [-0.05, 0) is 55.9 Å². The van der Waals surface area contributed by atoms with E-state index in [-0.39, 0.29) is 0 Å². The van der Waals surface area contributed by atoms with Gasteiger partial charge >= 0.3 is 0 Å². The summed E-state index contributed by atoms with van der Waals surface area (Å²) >= 11 is 0. The predicted molar refractivity (Wildman–Crippen MR) is 164 cm³/mol. The molecule has 0 unspecified atom stereocenters. The summed E-state index contributed by atoms with van der Waals surface area (Å²) in [6.07, 6.45) is 4.15. The van der Waals surface area contributed by atoms with Crippen LogP contribution in [0.5, 0.6) is 0 Å². The molecular formula is C36H22N4. The topological polar surface area (TPSA) is 43.1 Å². The molecule has 0 amide bonds. The van der Waals surface area contributed by atoms with Gasteiger partial charge in [-0.25, -0.2) is 9.97 Å². The smallest absolute Gasteiger partial charge is 0.148 e. The Morgan fingerprint density at radius 2 is 1.27 bits per heavy atom. The van der Waals surface area contributed by atoms with Crippen LogP contribution in [0.3, 0.4) is 0 Å². The normalized spacial score (nSPS) is 12.8. The molecule has 0 aliphatic carbocycles. The third kappa shape index (κ3) is 2.93. The fraction of sp³-hybridized carbons (Fsp3) is 0.0278. The van der Waals surface area contributed by atoms with Gasteiger partial charge in [0, 0.05) is 27.8 Å². The molecule has 9 rings (SSSR count). The van der Waals surface area contributed by atoms with Crippen LogP contribution in [-0.4, -0.2) is 21.1 Å². The molecule has 1 aliphatic rings. The van der Waals surface area contributed by atoms with Crippen molar-refractivity contribution in [3.8, 4) is 17.1 Å². The van der Waals surface area contributed by atoms with E-state index in [1.165, 1.54) is 37.7 Å². The summed E-state index contributed by atoms with van der Waals surface area (Å²) in [4.78, 5) is 14.9. The SMILES string of the molecule is C1=c2c(n(-c3cccc(-c4ccc5c6ccccc6c6ccccc6c5c4)n3)c3ncc4ccccc4c23)=NC1. The summed E-state index contributed by atoms with van der Waals surface area (Å²) in [6.45, 7) is 0.676. The third-order valence-corrected chi connectivity index (χ3v) is 8.25. The lowest BCUT2D eigenvalue weighted by molar-refractivity contribution is 0.941. The van der Waals surface area contributed by atoms with Crippen molar-refractivity contribution in [1.29, 1.82) is 0 Å². The minimum atomic E-state index is 0.676. The third-order valence-electron chi connectivity index (χ3n) is 8.25. The van der Waals surface area contributed by atoms with Gasteiger partial charge in [-0.2, -0.15) is 0 Å². The highest BCUT2D eigenvalue weighted by Gasteiger charge is 2.18. The summed E-state index contributed by atoms with van der Waals surface area (Å²) in [5.74, 6) is 0.828. The highest BCUT2D eigenvalue weighted by atomic mass is 15.1.